The van der Waals surface area contributed by atoms with Crippen LogP contribution in [0.25, 0.3) is 0 Å². The van der Waals surface area contributed by atoms with E-state index < -0.39 is 20.0 Å². The second-order valence-electron chi connectivity index (χ2n) is 5.68. The molecular weight excluding hydrogens is 362 g/mol. The smallest absolute Gasteiger partial charge is 0.243 e. The molecule has 0 aromatic heterocycles. The molecule has 1 aromatic carbocycles. The highest BCUT2D eigenvalue weighted by atomic mass is 35.5. The van der Waals surface area contributed by atoms with Crippen LogP contribution >= 0.6 is 12.4 Å². The summed E-state index contributed by atoms with van der Waals surface area (Å²) in [6.07, 6.45) is 0. The van der Waals surface area contributed by atoms with Gasteiger partial charge < -0.3 is 5.32 Å². The van der Waals surface area contributed by atoms with E-state index in [0.717, 1.165) is 13.1 Å². The first-order valence-electron chi connectivity index (χ1n) is 7.09. The second-order valence-corrected chi connectivity index (χ2v) is 9.50. The predicted molar refractivity (Wildman–Crippen MR) is 88.5 cm³/mol. The van der Waals surface area contributed by atoms with E-state index in [1.165, 1.54) is 35.6 Å². The molecule has 1 aromatic rings. The van der Waals surface area contributed by atoms with Crippen LogP contribution in [0.1, 0.15) is 0 Å². The van der Waals surface area contributed by atoms with Gasteiger partial charge in [0.05, 0.1) is 9.79 Å². The van der Waals surface area contributed by atoms with Crippen LogP contribution < -0.4 is 10.0 Å². The maximum Gasteiger partial charge on any atom is 0.243 e. The molecule has 2 aliphatic heterocycles. The number of halogens is 1. The molecule has 2 heterocycles. The quantitative estimate of drug-likeness (QED) is 0.756. The summed E-state index contributed by atoms with van der Waals surface area (Å²) in [5, 5.41) is 3.27. The molecule has 10 heteroatoms. The highest BCUT2D eigenvalue weighted by molar-refractivity contribution is 7.89. The van der Waals surface area contributed by atoms with E-state index in [2.05, 4.69) is 10.0 Å². The first-order chi connectivity index (χ1) is 10.3. The molecule has 0 radical (unpaired) electrons. The molecule has 0 unspecified atom stereocenters. The van der Waals surface area contributed by atoms with E-state index in [1.807, 2.05) is 0 Å². The molecule has 130 valence electrons. The van der Waals surface area contributed by atoms with Gasteiger partial charge in [-0.2, -0.15) is 4.31 Å². The summed E-state index contributed by atoms with van der Waals surface area (Å²) in [7, 11) is -5.80. The molecule has 0 bridgehead atoms. The lowest BCUT2D eigenvalue weighted by Crippen LogP contribution is -2.32. The predicted octanol–water partition coefficient (Wildman–Crippen LogP) is -0.144. The Hall–Kier alpha value is -0.710. The van der Waals surface area contributed by atoms with Gasteiger partial charge in [-0.1, -0.05) is 0 Å². The van der Waals surface area contributed by atoms with Crippen LogP contribution in [0.3, 0.4) is 0 Å². The number of benzene rings is 1. The Labute approximate surface area is 143 Å². The summed E-state index contributed by atoms with van der Waals surface area (Å²) in [4.78, 5) is 0.187. The number of nitrogens with one attached hydrogen (secondary N) is 2. The van der Waals surface area contributed by atoms with E-state index >= 15 is 0 Å². The van der Waals surface area contributed by atoms with Gasteiger partial charge in [-0.25, -0.2) is 21.6 Å². The van der Waals surface area contributed by atoms with Gasteiger partial charge in [0.25, 0.3) is 0 Å². The molecule has 2 fully saturated rings. The lowest BCUT2D eigenvalue weighted by atomic mass is 10.0. The van der Waals surface area contributed by atoms with E-state index in [0.29, 0.717) is 24.9 Å². The van der Waals surface area contributed by atoms with E-state index in [4.69, 9.17) is 0 Å². The normalized spacial score (nSPS) is 25.1. The highest BCUT2D eigenvalue weighted by Gasteiger charge is 2.41. The standard InChI is InChI=1S/C13H19N3O4S2.ClH/c1-14-21(17,18)12-2-4-13(5-3-12)22(19,20)16-8-10-6-15-7-11(10)9-16;/h2-5,10-11,14-15H,6-9H2,1H3;1H/t10-,11+;. The van der Waals surface area contributed by atoms with Crippen molar-refractivity contribution >= 4 is 32.5 Å². The number of nitrogens with zero attached hydrogens (tertiary/aromatic N) is 1. The fourth-order valence-electron chi connectivity index (χ4n) is 3.07. The fraction of sp³-hybridized carbons (Fsp3) is 0.538. The zero-order valence-corrected chi connectivity index (χ0v) is 15.0. The maximum atomic E-state index is 12.6. The van der Waals surface area contributed by atoms with Gasteiger partial charge in [-0.3, -0.25) is 0 Å². The van der Waals surface area contributed by atoms with E-state index in [1.54, 1.807) is 0 Å². The topological polar surface area (TPSA) is 95.6 Å². The minimum absolute atomic E-state index is 0. The highest BCUT2D eigenvalue weighted by Crippen LogP contribution is 2.30. The molecule has 2 N–H and O–H groups in total. The lowest BCUT2D eigenvalue weighted by molar-refractivity contribution is 0.448. The van der Waals surface area contributed by atoms with Crippen molar-refractivity contribution in [3.8, 4) is 0 Å². The van der Waals surface area contributed by atoms with Crippen LogP contribution in [0, 0.1) is 11.8 Å². The number of sulfonamides is 2. The zero-order chi connectivity index (χ0) is 16.0. The van der Waals surface area contributed by atoms with Crippen molar-refractivity contribution in [2.75, 3.05) is 33.2 Å². The molecule has 2 aliphatic rings. The fourth-order valence-corrected chi connectivity index (χ4v) is 5.35. The summed E-state index contributed by atoms with van der Waals surface area (Å²) in [5.41, 5.74) is 0. The third-order valence-electron chi connectivity index (χ3n) is 4.40. The van der Waals surface area contributed by atoms with E-state index in [9.17, 15) is 16.8 Å². The Morgan fingerprint density at radius 3 is 1.96 bits per heavy atom. The third-order valence-corrected chi connectivity index (χ3v) is 7.67. The van der Waals surface area contributed by atoms with Gasteiger partial charge >= 0.3 is 0 Å². The number of fused-ring (bicyclic) bond motifs is 1. The van der Waals surface area contributed by atoms with Crippen molar-refractivity contribution in [3.63, 3.8) is 0 Å². The Morgan fingerprint density at radius 2 is 1.48 bits per heavy atom. The maximum absolute atomic E-state index is 12.6. The van der Waals surface area contributed by atoms with Gasteiger partial charge in [0.1, 0.15) is 0 Å². The lowest BCUT2D eigenvalue weighted by Gasteiger charge is -2.17. The van der Waals surface area contributed by atoms with Crippen molar-refractivity contribution < 1.29 is 16.8 Å². The van der Waals surface area contributed by atoms with Gasteiger partial charge in [0, 0.05) is 13.1 Å². The minimum atomic E-state index is -3.56. The van der Waals surface area contributed by atoms with Crippen molar-refractivity contribution in [2.24, 2.45) is 11.8 Å². The van der Waals surface area contributed by atoms with Crippen LogP contribution in [0.5, 0.6) is 0 Å². The molecule has 2 atom stereocenters. The molecular formula is C13H20ClN3O4S2. The first-order valence-corrected chi connectivity index (χ1v) is 10.0. The number of hydrogen-bond acceptors (Lipinski definition) is 5. The molecule has 0 saturated carbocycles. The van der Waals surface area contributed by atoms with Crippen molar-refractivity contribution in [2.45, 2.75) is 9.79 Å². The Kier molecular flexibility index (Phi) is 5.39. The van der Waals surface area contributed by atoms with Crippen LogP contribution in [0.4, 0.5) is 0 Å². The van der Waals surface area contributed by atoms with Crippen molar-refractivity contribution in [1.29, 1.82) is 0 Å². The molecule has 2 saturated heterocycles. The van der Waals surface area contributed by atoms with Crippen LogP contribution in [-0.2, 0) is 20.0 Å². The SMILES string of the molecule is CNS(=O)(=O)c1ccc(S(=O)(=O)N2C[C@H]3CNC[C@H]3C2)cc1.Cl. The molecule has 0 aliphatic carbocycles. The Bertz CT molecular complexity index is 753. The number of rotatable bonds is 4. The summed E-state index contributed by atoms with van der Waals surface area (Å²) >= 11 is 0. The largest absolute Gasteiger partial charge is 0.316 e. The van der Waals surface area contributed by atoms with Gasteiger partial charge in [0.2, 0.25) is 20.0 Å². The number of hydrogen-bond donors (Lipinski definition) is 2. The van der Waals surface area contributed by atoms with Crippen molar-refractivity contribution in [3.05, 3.63) is 24.3 Å². The molecule has 3 rings (SSSR count). The van der Waals surface area contributed by atoms with Gasteiger partial charge in [-0.05, 0) is 56.2 Å². The van der Waals surface area contributed by atoms with Crippen LogP contribution in [0.2, 0.25) is 0 Å². The average molecular weight is 382 g/mol. The van der Waals surface area contributed by atoms with Crippen LogP contribution in [-0.4, -0.2) is 54.4 Å². The van der Waals surface area contributed by atoms with Gasteiger partial charge in [-0.15, -0.1) is 12.4 Å². The first kappa shape index (κ1) is 18.6. The monoisotopic (exact) mass is 381 g/mol. The Morgan fingerprint density at radius 1 is 1.00 bits per heavy atom. The molecule has 23 heavy (non-hydrogen) atoms. The summed E-state index contributed by atoms with van der Waals surface area (Å²) in [6.45, 7) is 2.76. The van der Waals surface area contributed by atoms with E-state index in [-0.39, 0.29) is 22.2 Å². The molecule has 7 nitrogen and oxygen atoms in total. The molecule has 0 amide bonds. The Balaban J connectivity index is 0.00000192. The second kappa shape index (κ2) is 6.66. The average Bonchev–Trinajstić information content (AvgIpc) is 3.09. The summed E-state index contributed by atoms with van der Waals surface area (Å²) in [5.74, 6) is 0.748. The van der Waals surface area contributed by atoms with Crippen molar-refractivity contribution in [1.82, 2.24) is 14.3 Å². The minimum Gasteiger partial charge on any atom is -0.316 e. The van der Waals surface area contributed by atoms with Crippen LogP contribution in [0.15, 0.2) is 34.1 Å². The third kappa shape index (κ3) is 3.40. The summed E-state index contributed by atoms with van der Waals surface area (Å²) in [6, 6.07) is 5.34. The summed E-state index contributed by atoms with van der Waals surface area (Å²) < 4.78 is 52.3. The zero-order valence-electron chi connectivity index (χ0n) is 12.6. The van der Waals surface area contributed by atoms with Gasteiger partial charge in [0.15, 0.2) is 0 Å². The molecule has 0 spiro atoms.